The lowest BCUT2D eigenvalue weighted by Gasteiger charge is -2.34. The molecular formula is C24H36N4O. The van der Waals surface area contributed by atoms with E-state index in [4.69, 9.17) is 5.73 Å². The molecule has 0 radical (unpaired) electrons. The highest BCUT2D eigenvalue weighted by Gasteiger charge is 2.29. The van der Waals surface area contributed by atoms with Crippen LogP contribution >= 0.6 is 0 Å². The molecule has 1 atom stereocenters. The molecule has 0 spiro atoms. The zero-order valence-corrected chi connectivity index (χ0v) is 18.4. The van der Waals surface area contributed by atoms with Crippen LogP contribution in [-0.2, 0) is 23.2 Å². The van der Waals surface area contributed by atoms with Crippen LogP contribution in [0.25, 0.3) is 0 Å². The van der Waals surface area contributed by atoms with Crippen molar-refractivity contribution in [3.63, 3.8) is 0 Å². The lowest BCUT2D eigenvalue weighted by atomic mass is 9.80. The molecule has 2 aliphatic heterocycles. The van der Waals surface area contributed by atoms with Crippen LogP contribution < -0.4 is 11.1 Å². The highest BCUT2D eigenvalue weighted by molar-refractivity contribution is 6.12. The number of nitrogens with two attached hydrogens (primary N) is 1. The fourth-order valence-electron chi connectivity index (χ4n) is 4.21. The van der Waals surface area contributed by atoms with Gasteiger partial charge >= 0.3 is 0 Å². The monoisotopic (exact) mass is 396 g/mol. The molecule has 1 aromatic carbocycles. The first-order valence-corrected chi connectivity index (χ1v) is 11.0. The molecule has 29 heavy (non-hydrogen) atoms. The number of nitrogens with zero attached hydrogens (tertiary/aromatic N) is 2. The molecule has 1 unspecified atom stereocenters. The van der Waals surface area contributed by atoms with Gasteiger partial charge in [-0.3, -0.25) is 9.79 Å². The third kappa shape index (κ3) is 4.89. The normalized spacial score (nSPS) is 20.3. The third-order valence-corrected chi connectivity index (χ3v) is 5.98. The van der Waals surface area contributed by atoms with Crippen LogP contribution in [0.4, 0.5) is 0 Å². The number of benzene rings is 1. The molecule has 158 valence electrons. The molecule has 1 aromatic rings. The van der Waals surface area contributed by atoms with Gasteiger partial charge in [-0.2, -0.15) is 0 Å². The standard InChI is InChI=1S/C24H36N4O/c1-5-9-26-15-18(14-25)23(29)28-11-8-17-12-19(24(2,3)4)13-20(21(17)16-28)22-7-6-10-27-22/h12-15,22,27H,5-11,16,25H2,1-4H3. The van der Waals surface area contributed by atoms with Crippen molar-refractivity contribution >= 4 is 12.1 Å². The van der Waals surface area contributed by atoms with E-state index in [0.717, 1.165) is 32.4 Å². The smallest absolute Gasteiger partial charge is 0.257 e. The summed E-state index contributed by atoms with van der Waals surface area (Å²) in [6, 6.07) is 5.12. The number of carbonyl (C=O) groups is 1. The molecular weight excluding hydrogens is 360 g/mol. The van der Waals surface area contributed by atoms with E-state index in [1.54, 1.807) is 6.21 Å². The van der Waals surface area contributed by atoms with Crippen LogP contribution in [0, 0.1) is 0 Å². The number of fused-ring (bicyclic) bond motifs is 1. The predicted octanol–water partition coefficient (Wildman–Crippen LogP) is 3.62. The van der Waals surface area contributed by atoms with Crippen LogP contribution in [0.1, 0.15) is 75.3 Å². The second kappa shape index (κ2) is 9.12. The fraction of sp³-hybridized carbons (Fsp3) is 0.583. The molecule has 5 nitrogen and oxygen atoms in total. The number of hydrogen-bond donors (Lipinski definition) is 2. The average molecular weight is 397 g/mol. The van der Waals surface area contributed by atoms with Crippen LogP contribution in [0.15, 0.2) is 28.9 Å². The van der Waals surface area contributed by atoms with Crippen LogP contribution in [0.5, 0.6) is 0 Å². The third-order valence-electron chi connectivity index (χ3n) is 5.98. The fourth-order valence-corrected chi connectivity index (χ4v) is 4.21. The highest BCUT2D eigenvalue weighted by atomic mass is 16.2. The first-order chi connectivity index (χ1) is 13.8. The second-order valence-corrected chi connectivity index (χ2v) is 9.24. The molecule has 2 aliphatic rings. The van der Waals surface area contributed by atoms with Gasteiger partial charge < -0.3 is 16.0 Å². The topological polar surface area (TPSA) is 70.7 Å². The Balaban J connectivity index is 1.91. The van der Waals surface area contributed by atoms with E-state index in [1.807, 2.05) is 4.90 Å². The van der Waals surface area contributed by atoms with Crippen LogP contribution in [0.3, 0.4) is 0 Å². The van der Waals surface area contributed by atoms with Gasteiger partial charge in [0.2, 0.25) is 0 Å². The summed E-state index contributed by atoms with van der Waals surface area (Å²) in [5.41, 5.74) is 11.8. The van der Waals surface area contributed by atoms with E-state index in [0.29, 0.717) is 24.7 Å². The number of hydrogen-bond acceptors (Lipinski definition) is 4. The molecule has 1 amide bonds. The maximum atomic E-state index is 13.1. The lowest BCUT2D eigenvalue weighted by Crippen LogP contribution is -2.38. The molecule has 0 saturated carbocycles. The molecule has 0 bridgehead atoms. The number of aliphatic imine (C=N–C) groups is 1. The van der Waals surface area contributed by atoms with Crippen LogP contribution in [-0.4, -0.2) is 36.7 Å². The minimum Gasteiger partial charge on any atom is -0.404 e. The summed E-state index contributed by atoms with van der Waals surface area (Å²) in [6.45, 7) is 12.0. The molecule has 2 heterocycles. The number of nitrogens with one attached hydrogen (secondary N) is 1. The van der Waals surface area contributed by atoms with Crippen molar-refractivity contribution in [3.8, 4) is 0 Å². The molecule has 1 fully saturated rings. The Labute approximate surface area is 175 Å². The van der Waals surface area contributed by atoms with Gasteiger partial charge in [0.05, 0.1) is 5.57 Å². The van der Waals surface area contributed by atoms with Gasteiger partial charge in [-0.25, -0.2) is 0 Å². The average Bonchev–Trinajstić information content (AvgIpc) is 3.23. The number of carbonyl (C=O) groups excluding carboxylic acids is 1. The minimum atomic E-state index is -0.0248. The first-order valence-electron chi connectivity index (χ1n) is 11.0. The van der Waals surface area contributed by atoms with E-state index in [1.165, 1.54) is 34.9 Å². The highest BCUT2D eigenvalue weighted by Crippen LogP contribution is 2.36. The van der Waals surface area contributed by atoms with Gasteiger partial charge in [0.25, 0.3) is 5.91 Å². The van der Waals surface area contributed by atoms with E-state index >= 15 is 0 Å². The van der Waals surface area contributed by atoms with Crippen molar-refractivity contribution in [2.45, 2.75) is 71.4 Å². The number of amides is 1. The zero-order chi connectivity index (χ0) is 21.0. The predicted molar refractivity (Wildman–Crippen MR) is 120 cm³/mol. The van der Waals surface area contributed by atoms with Crippen molar-refractivity contribution < 1.29 is 4.79 Å². The van der Waals surface area contributed by atoms with Gasteiger partial charge in [0.15, 0.2) is 0 Å². The van der Waals surface area contributed by atoms with E-state index < -0.39 is 0 Å². The van der Waals surface area contributed by atoms with Gasteiger partial charge in [0, 0.05) is 38.1 Å². The largest absolute Gasteiger partial charge is 0.404 e. The zero-order valence-electron chi connectivity index (χ0n) is 18.4. The maximum Gasteiger partial charge on any atom is 0.257 e. The van der Waals surface area contributed by atoms with Gasteiger partial charge in [-0.05, 0) is 59.9 Å². The Bertz CT molecular complexity index is 798. The van der Waals surface area contributed by atoms with Crippen molar-refractivity contribution in [1.82, 2.24) is 10.2 Å². The van der Waals surface area contributed by atoms with Gasteiger partial charge in [0.1, 0.15) is 0 Å². The lowest BCUT2D eigenvalue weighted by molar-refractivity contribution is -0.127. The summed E-state index contributed by atoms with van der Waals surface area (Å²) >= 11 is 0. The molecule has 3 N–H and O–H groups in total. The summed E-state index contributed by atoms with van der Waals surface area (Å²) in [4.78, 5) is 19.3. The molecule has 0 aliphatic carbocycles. The Hall–Kier alpha value is -2.14. The minimum absolute atomic E-state index is 0.0248. The summed E-state index contributed by atoms with van der Waals surface area (Å²) in [5.74, 6) is -0.0248. The van der Waals surface area contributed by atoms with Gasteiger partial charge in [-0.15, -0.1) is 0 Å². The van der Waals surface area contributed by atoms with Crippen LogP contribution in [0.2, 0.25) is 0 Å². The van der Waals surface area contributed by atoms with E-state index in [9.17, 15) is 4.79 Å². The molecule has 1 saturated heterocycles. The van der Waals surface area contributed by atoms with Crippen molar-refractivity contribution in [1.29, 1.82) is 0 Å². The van der Waals surface area contributed by atoms with Gasteiger partial charge in [-0.1, -0.05) is 39.8 Å². The summed E-state index contributed by atoms with van der Waals surface area (Å²) < 4.78 is 0. The number of rotatable bonds is 5. The van der Waals surface area contributed by atoms with Crippen molar-refractivity contribution in [2.75, 3.05) is 19.6 Å². The molecule has 3 rings (SSSR count). The summed E-state index contributed by atoms with van der Waals surface area (Å²) in [5, 5.41) is 3.66. The molecule has 5 heteroatoms. The van der Waals surface area contributed by atoms with E-state index in [-0.39, 0.29) is 11.3 Å². The first kappa shape index (κ1) is 21.6. The summed E-state index contributed by atoms with van der Waals surface area (Å²) in [6.07, 6.45) is 7.21. The quantitative estimate of drug-likeness (QED) is 0.590. The Morgan fingerprint density at radius 2 is 2.17 bits per heavy atom. The Morgan fingerprint density at radius 3 is 2.79 bits per heavy atom. The van der Waals surface area contributed by atoms with E-state index in [2.05, 4.69) is 50.1 Å². The molecule has 0 aromatic heterocycles. The summed E-state index contributed by atoms with van der Waals surface area (Å²) in [7, 11) is 0. The Morgan fingerprint density at radius 1 is 1.38 bits per heavy atom. The van der Waals surface area contributed by atoms with Crippen molar-refractivity contribution in [2.24, 2.45) is 10.7 Å². The SMILES string of the molecule is CCCN=CC(=CN)C(=O)N1CCc2cc(C(C)(C)C)cc(C3CCCN3)c2C1. The maximum absolute atomic E-state index is 13.1. The second-order valence-electron chi connectivity index (χ2n) is 9.24. The Kier molecular flexibility index (Phi) is 6.78. The van der Waals surface area contributed by atoms with Crippen molar-refractivity contribution in [3.05, 3.63) is 46.2 Å².